The zero-order chi connectivity index (χ0) is 16.5. The Bertz CT molecular complexity index is 845. The summed E-state index contributed by atoms with van der Waals surface area (Å²) in [6, 6.07) is 9.83. The minimum absolute atomic E-state index is 0.0135. The van der Waals surface area contributed by atoms with Crippen LogP contribution in [-0.2, 0) is 9.84 Å². The van der Waals surface area contributed by atoms with Gasteiger partial charge in [-0.2, -0.15) is 0 Å². The molecule has 0 saturated carbocycles. The van der Waals surface area contributed by atoms with Gasteiger partial charge in [0.2, 0.25) is 0 Å². The summed E-state index contributed by atoms with van der Waals surface area (Å²) in [6.07, 6.45) is 1.06. The standard InChI is InChI=1S/C15H13ClO4S2/c1-9-7-13(21-12-6-4-3-5-11(12)16)14(22(2,19)20)8-10(9)15(17)18/h3-8H,1-2H3,(H,17,18). The molecule has 2 aromatic rings. The lowest BCUT2D eigenvalue weighted by Crippen LogP contribution is -2.06. The van der Waals surface area contributed by atoms with Crippen LogP contribution < -0.4 is 0 Å². The highest BCUT2D eigenvalue weighted by Crippen LogP contribution is 2.37. The number of carbonyl (C=O) groups is 1. The number of sulfone groups is 1. The van der Waals surface area contributed by atoms with Gasteiger partial charge in [0.05, 0.1) is 15.5 Å². The summed E-state index contributed by atoms with van der Waals surface area (Å²) in [5, 5.41) is 9.66. The fourth-order valence-electron chi connectivity index (χ4n) is 1.91. The molecule has 0 unspecified atom stereocenters. The second-order valence-corrected chi connectivity index (χ2v) is 8.20. The summed E-state index contributed by atoms with van der Waals surface area (Å²) in [7, 11) is -3.57. The van der Waals surface area contributed by atoms with Crippen LogP contribution in [0.2, 0.25) is 5.02 Å². The summed E-state index contributed by atoms with van der Waals surface area (Å²) >= 11 is 7.30. The van der Waals surface area contributed by atoms with Crippen LogP contribution in [0.25, 0.3) is 0 Å². The van der Waals surface area contributed by atoms with Gasteiger partial charge in [-0.05, 0) is 36.8 Å². The molecule has 0 aliphatic heterocycles. The zero-order valence-electron chi connectivity index (χ0n) is 11.8. The van der Waals surface area contributed by atoms with Crippen LogP contribution >= 0.6 is 23.4 Å². The van der Waals surface area contributed by atoms with E-state index in [9.17, 15) is 13.2 Å². The van der Waals surface area contributed by atoms with Crippen molar-refractivity contribution in [1.29, 1.82) is 0 Å². The first-order valence-electron chi connectivity index (χ1n) is 6.20. The molecule has 0 amide bonds. The molecule has 0 atom stereocenters. The molecule has 0 heterocycles. The van der Waals surface area contributed by atoms with E-state index in [1.165, 1.54) is 17.8 Å². The van der Waals surface area contributed by atoms with Crippen molar-refractivity contribution in [3.8, 4) is 0 Å². The molecule has 0 fully saturated rings. The maximum atomic E-state index is 12.0. The van der Waals surface area contributed by atoms with E-state index in [4.69, 9.17) is 16.7 Å². The summed E-state index contributed by atoms with van der Waals surface area (Å²) in [5.41, 5.74) is 0.471. The third-order valence-electron chi connectivity index (χ3n) is 2.98. The van der Waals surface area contributed by atoms with Crippen molar-refractivity contribution in [3.63, 3.8) is 0 Å². The van der Waals surface area contributed by atoms with Gasteiger partial charge in [-0.25, -0.2) is 13.2 Å². The lowest BCUT2D eigenvalue weighted by molar-refractivity contribution is 0.0695. The summed E-state index contributed by atoms with van der Waals surface area (Å²) in [4.78, 5) is 12.4. The molecule has 0 aliphatic carbocycles. The molecule has 2 aromatic carbocycles. The van der Waals surface area contributed by atoms with Gasteiger partial charge in [0.1, 0.15) is 0 Å². The van der Waals surface area contributed by atoms with Gasteiger partial charge in [-0.3, -0.25) is 0 Å². The molecule has 0 aromatic heterocycles. The van der Waals surface area contributed by atoms with Gasteiger partial charge in [0.25, 0.3) is 0 Å². The average molecular weight is 357 g/mol. The topological polar surface area (TPSA) is 71.4 Å². The van der Waals surface area contributed by atoms with E-state index in [0.29, 0.717) is 20.4 Å². The second-order valence-electron chi connectivity index (χ2n) is 4.72. The van der Waals surface area contributed by atoms with Crippen molar-refractivity contribution in [2.24, 2.45) is 0 Å². The van der Waals surface area contributed by atoms with E-state index < -0.39 is 15.8 Å². The predicted octanol–water partition coefficient (Wildman–Crippen LogP) is 3.90. The highest BCUT2D eigenvalue weighted by molar-refractivity contribution is 8.00. The Kier molecular flexibility index (Phi) is 4.84. The van der Waals surface area contributed by atoms with E-state index in [1.807, 2.05) is 0 Å². The van der Waals surface area contributed by atoms with Crippen molar-refractivity contribution in [2.75, 3.05) is 6.26 Å². The van der Waals surface area contributed by atoms with Crippen molar-refractivity contribution < 1.29 is 18.3 Å². The lowest BCUT2D eigenvalue weighted by atomic mass is 10.1. The van der Waals surface area contributed by atoms with E-state index >= 15 is 0 Å². The average Bonchev–Trinajstić information content (AvgIpc) is 2.39. The third kappa shape index (κ3) is 3.63. The minimum atomic E-state index is -3.57. The van der Waals surface area contributed by atoms with Crippen molar-refractivity contribution in [3.05, 3.63) is 52.5 Å². The molecular weight excluding hydrogens is 344 g/mol. The number of aryl methyl sites for hydroxylation is 1. The minimum Gasteiger partial charge on any atom is -0.478 e. The molecule has 0 spiro atoms. The molecule has 0 saturated heterocycles. The normalized spacial score (nSPS) is 11.4. The number of halogens is 1. The number of benzene rings is 2. The Labute approximate surface area is 138 Å². The first kappa shape index (κ1) is 16.9. The Morgan fingerprint density at radius 3 is 2.36 bits per heavy atom. The van der Waals surface area contributed by atoms with E-state index in [2.05, 4.69) is 0 Å². The second kappa shape index (κ2) is 6.32. The van der Waals surface area contributed by atoms with Crippen molar-refractivity contribution >= 4 is 39.2 Å². The van der Waals surface area contributed by atoms with E-state index in [0.717, 1.165) is 6.26 Å². The monoisotopic (exact) mass is 356 g/mol. The molecule has 0 bridgehead atoms. The molecule has 0 aliphatic rings. The van der Waals surface area contributed by atoms with Gasteiger partial charge < -0.3 is 5.11 Å². The van der Waals surface area contributed by atoms with Gasteiger partial charge >= 0.3 is 5.97 Å². The fraction of sp³-hybridized carbons (Fsp3) is 0.133. The quantitative estimate of drug-likeness (QED) is 0.899. The zero-order valence-corrected chi connectivity index (χ0v) is 14.2. The van der Waals surface area contributed by atoms with E-state index in [1.54, 1.807) is 37.3 Å². The fourth-order valence-corrected chi connectivity index (χ4v) is 4.44. The predicted molar refractivity (Wildman–Crippen MR) is 86.8 cm³/mol. The number of carboxylic acids is 1. The largest absolute Gasteiger partial charge is 0.478 e. The number of aromatic carboxylic acids is 1. The Morgan fingerprint density at radius 1 is 1.18 bits per heavy atom. The molecule has 1 N–H and O–H groups in total. The van der Waals surface area contributed by atoms with Crippen LogP contribution in [-0.4, -0.2) is 25.7 Å². The number of hydrogen-bond donors (Lipinski definition) is 1. The molecule has 2 rings (SSSR count). The van der Waals surface area contributed by atoms with Gasteiger partial charge in [-0.15, -0.1) is 0 Å². The first-order chi connectivity index (χ1) is 10.2. The first-order valence-corrected chi connectivity index (χ1v) is 9.29. The number of carboxylic acid groups (broad SMARTS) is 1. The van der Waals surface area contributed by atoms with Crippen LogP contribution in [0.15, 0.2) is 51.1 Å². The maximum absolute atomic E-state index is 12.0. The highest BCUT2D eigenvalue weighted by atomic mass is 35.5. The van der Waals surface area contributed by atoms with Crippen molar-refractivity contribution in [1.82, 2.24) is 0 Å². The SMILES string of the molecule is Cc1cc(Sc2ccccc2Cl)c(S(C)(=O)=O)cc1C(=O)O. The number of hydrogen-bond acceptors (Lipinski definition) is 4. The maximum Gasteiger partial charge on any atom is 0.335 e. The smallest absolute Gasteiger partial charge is 0.335 e. The van der Waals surface area contributed by atoms with Gasteiger partial charge in [0.15, 0.2) is 9.84 Å². The lowest BCUT2D eigenvalue weighted by Gasteiger charge is -2.12. The van der Waals surface area contributed by atoms with Gasteiger partial charge in [-0.1, -0.05) is 35.5 Å². The molecule has 0 radical (unpaired) electrons. The van der Waals surface area contributed by atoms with Crippen LogP contribution in [0.4, 0.5) is 0 Å². The molecular formula is C15H13ClO4S2. The summed E-state index contributed by atoms with van der Waals surface area (Å²) < 4.78 is 24.0. The summed E-state index contributed by atoms with van der Waals surface area (Å²) in [5.74, 6) is -1.16. The van der Waals surface area contributed by atoms with Crippen molar-refractivity contribution in [2.45, 2.75) is 21.6 Å². The third-order valence-corrected chi connectivity index (χ3v) is 5.82. The van der Waals surface area contributed by atoms with Gasteiger partial charge in [0, 0.05) is 16.0 Å². The molecule has 4 nitrogen and oxygen atoms in total. The van der Waals surface area contributed by atoms with Crippen LogP contribution in [0.5, 0.6) is 0 Å². The molecule has 22 heavy (non-hydrogen) atoms. The molecule has 7 heteroatoms. The van der Waals surface area contributed by atoms with Crippen LogP contribution in [0.1, 0.15) is 15.9 Å². The highest BCUT2D eigenvalue weighted by Gasteiger charge is 2.20. The van der Waals surface area contributed by atoms with Crippen LogP contribution in [0, 0.1) is 6.92 Å². The van der Waals surface area contributed by atoms with Crippen LogP contribution in [0.3, 0.4) is 0 Å². The molecule has 116 valence electrons. The van der Waals surface area contributed by atoms with E-state index in [-0.39, 0.29) is 10.5 Å². The Balaban J connectivity index is 2.63. The Morgan fingerprint density at radius 2 is 1.82 bits per heavy atom. The number of rotatable bonds is 4. The summed E-state index contributed by atoms with van der Waals surface area (Å²) in [6.45, 7) is 1.63. The Hall–Kier alpha value is -1.50.